The molecule has 0 spiro atoms. The van der Waals surface area contributed by atoms with Gasteiger partial charge in [0.2, 0.25) is 5.91 Å². The first kappa shape index (κ1) is 23.0. The van der Waals surface area contributed by atoms with Crippen LogP contribution in [0.2, 0.25) is 5.02 Å². The molecule has 0 radical (unpaired) electrons. The lowest BCUT2D eigenvalue weighted by Crippen LogP contribution is -2.47. The molecule has 1 aliphatic rings. The van der Waals surface area contributed by atoms with Crippen LogP contribution in [-0.2, 0) is 11.3 Å². The van der Waals surface area contributed by atoms with Crippen LogP contribution in [0.25, 0.3) is 0 Å². The Morgan fingerprint density at radius 1 is 1.03 bits per heavy atom. The van der Waals surface area contributed by atoms with Gasteiger partial charge in [-0.25, -0.2) is 4.39 Å². The van der Waals surface area contributed by atoms with E-state index in [4.69, 9.17) is 11.6 Å². The second-order valence-corrected chi connectivity index (χ2v) is 8.91. The molecule has 2 atom stereocenters. The van der Waals surface area contributed by atoms with Gasteiger partial charge in [0, 0.05) is 29.2 Å². The van der Waals surface area contributed by atoms with Crippen molar-refractivity contribution in [3.63, 3.8) is 0 Å². The highest BCUT2D eigenvalue weighted by atomic mass is 35.5. The lowest BCUT2D eigenvalue weighted by Gasteiger charge is -2.39. The summed E-state index contributed by atoms with van der Waals surface area (Å²) in [6.45, 7) is 2.44. The van der Waals surface area contributed by atoms with Crippen LogP contribution >= 0.6 is 11.6 Å². The molecule has 0 bridgehead atoms. The molecule has 33 heavy (non-hydrogen) atoms. The van der Waals surface area contributed by atoms with Gasteiger partial charge in [0.05, 0.1) is 12.0 Å². The fraction of sp³-hybridized carbons (Fsp3) is 0.259. The Balaban J connectivity index is 1.54. The summed E-state index contributed by atoms with van der Waals surface area (Å²) in [5.41, 5.74) is 3.15. The number of carbonyl (C=O) groups is 2. The molecule has 0 unspecified atom stereocenters. The van der Waals surface area contributed by atoms with Crippen LogP contribution in [0.15, 0.2) is 72.8 Å². The molecule has 1 heterocycles. The number of hydrogen-bond acceptors (Lipinski definition) is 2. The van der Waals surface area contributed by atoms with Crippen molar-refractivity contribution in [2.45, 2.75) is 32.4 Å². The molecule has 170 valence electrons. The molecule has 4 rings (SSSR count). The minimum atomic E-state index is -0.367. The zero-order chi connectivity index (χ0) is 23.4. The highest BCUT2D eigenvalue weighted by Gasteiger charge is 2.36. The van der Waals surface area contributed by atoms with Crippen LogP contribution in [-0.4, -0.2) is 23.3 Å². The maximum absolute atomic E-state index is 13.9. The Kier molecular flexibility index (Phi) is 7.09. The van der Waals surface area contributed by atoms with E-state index >= 15 is 0 Å². The molecule has 2 amide bonds. The van der Waals surface area contributed by atoms with E-state index in [-0.39, 0.29) is 36.1 Å². The summed E-state index contributed by atoms with van der Waals surface area (Å²) >= 11 is 6.00. The van der Waals surface area contributed by atoms with Crippen LogP contribution in [0.5, 0.6) is 0 Å². The number of hydrogen-bond donors (Lipinski definition) is 1. The second kappa shape index (κ2) is 10.2. The molecule has 4 nitrogen and oxygen atoms in total. The third-order valence-electron chi connectivity index (χ3n) is 6.14. The summed E-state index contributed by atoms with van der Waals surface area (Å²) in [6.07, 6.45) is 1.31. The lowest BCUT2D eigenvalue weighted by atomic mass is 9.87. The number of piperidine rings is 1. The van der Waals surface area contributed by atoms with Gasteiger partial charge in [0.15, 0.2) is 0 Å². The van der Waals surface area contributed by atoms with Crippen molar-refractivity contribution in [1.29, 1.82) is 0 Å². The third kappa shape index (κ3) is 5.42. The summed E-state index contributed by atoms with van der Waals surface area (Å²) in [5.74, 6) is -1.02. The Morgan fingerprint density at radius 3 is 2.52 bits per heavy atom. The topological polar surface area (TPSA) is 49.4 Å². The number of nitrogens with one attached hydrogen (secondary N) is 1. The normalized spacial score (nSPS) is 18.1. The first-order valence-electron chi connectivity index (χ1n) is 11.1. The van der Waals surface area contributed by atoms with Crippen molar-refractivity contribution >= 4 is 23.4 Å². The van der Waals surface area contributed by atoms with Gasteiger partial charge >= 0.3 is 0 Å². The smallest absolute Gasteiger partial charge is 0.254 e. The Bertz CT molecular complexity index is 1150. The lowest BCUT2D eigenvalue weighted by molar-refractivity contribution is -0.127. The van der Waals surface area contributed by atoms with Gasteiger partial charge in [-0.2, -0.15) is 0 Å². The van der Waals surface area contributed by atoms with E-state index in [1.54, 1.807) is 47.4 Å². The van der Waals surface area contributed by atoms with Gasteiger partial charge in [-0.15, -0.1) is 0 Å². The molecule has 0 saturated carbocycles. The Hall–Kier alpha value is -3.18. The fourth-order valence-electron chi connectivity index (χ4n) is 4.36. The maximum atomic E-state index is 13.9. The summed E-state index contributed by atoms with van der Waals surface area (Å²) in [5, 5.41) is 3.41. The number of likely N-dealkylation sites (tertiary alicyclic amines) is 1. The summed E-state index contributed by atoms with van der Waals surface area (Å²) in [4.78, 5) is 28.2. The van der Waals surface area contributed by atoms with Crippen molar-refractivity contribution < 1.29 is 14.0 Å². The highest BCUT2D eigenvalue weighted by Crippen LogP contribution is 2.35. The quantitative estimate of drug-likeness (QED) is 0.526. The predicted octanol–water partition coefficient (Wildman–Crippen LogP) is 5.70. The standard InChI is InChI=1S/C27H26ClFN2O2/c1-18-5-4-7-20(15-18)25-14-11-22(26(32)30-16-21-6-2-3-8-24(21)29)17-31(25)27(33)19-9-12-23(28)13-10-19/h2-10,12-13,15,22,25H,11,14,16-17H2,1H3,(H,30,32)/t22-,25+/m1/s1. The van der Waals surface area contributed by atoms with E-state index in [0.29, 0.717) is 35.5 Å². The van der Waals surface area contributed by atoms with Gasteiger partial charge < -0.3 is 10.2 Å². The van der Waals surface area contributed by atoms with Crippen LogP contribution in [0.4, 0.5) is 4.39 Å². The first-order valence-corrected chi connectivity index (χ1v) is 11.4. The average Bonchev–Trinajstić information content (AvgIpc) is 2.83. The van der Waals surface area contributed by atoms with Gasteiger partial charge in [0.25, 0.3) is 5.91 Å². The minimum absolute atomic E-state index is 0.119. The Morgan fingerprint density at radius 2 is 1.79 bits per heavy atom. The molecule has 3 aromatic carbocycles. The predicted molar refractivity (Wildman–Crippen MR) is 127 cm³/mol. The van der Waals surface area contributed by atoms with Gasteiger partial charge in [-0.3, -0.25) is 9.59 Å². The molecule has 1 fully saturated rings. The van der Waals surface area contributed by atoms with Gasteiger partial charge in [-0.1, -0.05) is 59.6 Å². The number of halogens is 2. The summed E-state index contributed by atoms with van der Waals surface area (Å²) < 4.78 is 13.9. The largest absolute Gasteiger partial charge is 0.352 e. The highest BCUT2D eigenvalue weighted by molar-refractivity contribution is 6.30. The average molecular weight is 465 g/mol. The molecule has 1 aliphatic heterocycles. The molecule has 0 aliphatic carbocycles. The minimum Gasteiger partial charge on any atom is -0.352 e. The van der Waals surface area contributed by atoms with Crippen LogP contribution in [0.1, 0.15) is 45.9 Å². The number of nitrogens with zero attached hydrogens (tertiary/aromatic N) is 1. The first-order chi connectivity index (χ1) is 15.9. The SMILES string of the molecule is Cc1cccc([C@@H]2CC[C@@H](C(=O)NCc3ccccc3F)CN2C(=O)c2ccc(Cl)cc2)c1. The molecule has 1 saturated heterocycles. The van der Waals surface area contributed by atoms with E-state index in [1.165, 1.54) is 6.07 Å². The second-order valence-electron chi connectivity index (χ2n) is 8.48. The number of carbonyl (C=O) groups excluding carboxylic acids is 2. The molecule has 0 aromatic heterocycles. The number of amides is 2. The van der Waals surface area contributed by atoms with E-state index in [0.717, 1.165) is 11.1 Å². The van der Waals surface area contributed by atoms with Crippen molar-refractivity contribution in [1.82, 2.24) is 10.2 Å². The maximum Gasteiger partial charge on any atom is 0.254 e. The van der Waals surface area contributed by atoms with E-state index < -0.39 is 0 Å². The molecular formula is C27H26ClFN2O2. The van der Waals surface area contributed by atoms with Gasteiger partial charge in [-0.05, 0) is 55.7 Å². The summed E-state index contributed by atoms with van der Waals surface area (Å²) in [7, 11) is 0. The Labute approximate surface area is 198 Å². The molecule has 1 N–H and O–H groups in total. The number of rotatable bonds is 5. The monoisotopic (exact) mass is 464 g/mol. The third-order valence-corrected chi connectivity index (χ3v) is 6.39. The van der Waals surface area contributed by atoms with Crippen molar-refractivity contribution in [3.05, 3.63) is 106 Å². The molecular weight excluding hydrogens is 439 g/mol. The fourth-order valence-corrected chi connectivity index (χ4v) is 4.49. The van der Waals surface area contributed by atoms with Gasteiger partial charge in [0.1, 0.15) is 5.82 Å². The van der Waals surface area contributed by atoms with Crippen LogP contribution in [0, 0.1) is 18.7 Å². The molecule has 6 heteroatoms. The van der Waals surface area contributed by atoms with E-state index in [9.17, 15) is 14.0 Å². The number of aryl methyl sites for hydroxylation is 1. The number of benzene rings is 3. The summed E-state index contributed by atoms with van der Waals surface area (Å²) in [6, 6.07) is 21.2. The zero-order valence-electron chi connectivity index (χ0n) is 18.4. The van der Waals surface area contributed by atoms with E-state index in [2.05, 4.69) is 11.4 Å². The zero-order valence-corrected chi connectivity index (χ0v) is 19.2. The van der Waals surface area contributed by atoms with E-state index in [1.807, 2.05) is 25.1 Å². The van der Waals surface area contributed by atoms with Crippen molar-refractivity contribution in [2.24, 2.45) is 5.92 Å². The van der Waals surface area contributed by atoms with Crippen molar-refractivity contribution in [2.75, 3.05) is 6.54 Å². The van der Waals surface area contributed by atoms with Crippen molar-refractivity contribution in [3.8, 4) is 0 Å². The molecule has 3 aromatic rings. The van der Waals surface area contributed by atoms with Crippen LogP contribution in [0.3, 0.4) is 0 Å². The van der Waals surface area contributed by atoms with Crippen LogP contribution < -0.4 is 5.32 Å².